The topological polar surface area (TPSA) is 145 Å². The van der Waals surface area contributed by atoms with Gasteiger partial charge in [0.1, 0.15) is 17.5 Å². The van der Waals surface area contributed by atoms with Crippen molar-refractivity contribution < 1.29 is 29.0 Å². The van der Waals surface area contributed by atoms with Gasteiger partial charge in [-0.1, -0.05) is 0 Å². The van der Waals surface area contributed by atoms with Crippen molar-refractivity contribution in [2.45, 2.75) is 12.5 Å². The fraction of sp³-hybridized carbons (Fsp3) is 0.250. The number of carbonyl (C=O) groups is 3. The predicted molar refractivity (Wildman–Crippen MR) is 155 cm³/mol. The third kappa shape index (κ3) is 7.24. The van der Waals surface area contributed by atoms with E-state index in [-0.39, 0.29) is 12.2 Å². The first-order valence-electron chi connectivity index (χ1n) is 9.20. The van der Waals surface area contributed by atoms with E-state index in [9.17, 15) is 19.5 Å². The number of phenolic OH excluding ortho intramolecular Hbond substituents is 1. The molecule has 0 aromatic heterocycles. The molecule has 5 N–H and O–H groups in total. The third-order valence-electron chi connectivity index (χ3n) is 4.37. The highest BCUT2D eigenvalue weighted by Crippen LogP contribution is 2.37. The van der Waals surface area contributed by atoms with E-state index in [2.05, 4.69) is 45.2 Å². The van der Waals surface area contributed by atoms with Gasteiger partial charge in [-0.2, -0.15) is 0 Å². The van der Waals surface area contributed by atoms with Crippen LogP contribution in [-0.2, 0) is 25.5 Å². The molecular formula is C20H19I4N3O6. The first-order chi connectivity index (χ1) is 15.5. The molecule has 2 aromatic rings. The molecule has 0 saturated heterocycles. The molecule has 2 amide bonds. The van der Waals surface area contributed by atoms with Crippen LogP contribution in [0.2, 0.25) is 0 Å². The molecule has 0 aliphatic carbocycles. The van der Waals surface area contributed by atoms with Crippen LogP contribution in [0.25, 0.3) is 0 Å². The molecule has 0 aliphatic rings. The van der Waals surface area contributed by atoms with E-state index in [1.54, 1.807) is 24.3 Å². The van der Waals surface area contributed by atoms with E-state index < -0.39 is 36.9 Å². The number of carbonyl (C=O) groups excluding carboxylic acids is 3. The summed E-state index contributed by atoms with van der Waals surface area (Å²) in [5.74, 6) is -0.841. The summed E-state index contributed by atoms with van der Waals surface area (Å²) in [5.41, 5.74) is 11.6. The number of nitrogens with two attached hydrogens (primary N) is 2. The van der Waals surface area contributed by atoms with Gasteiger partial charge in [-0.15, -0.1) is 0 Å². The molecule has 2 aromatic carbocycles. The summed E-state index contributed by atoms with van der Waals surface area (Å²) in [6, 6.07) is 5.83. The second-order valence-corrected chi connectivity index (χ2v) is 11.2. The van der Waals surface area contributed by atoms with Crippen molar-refractivity contribution in [3.05, 3.63) is 44.1 Å². The Balaban J connectivity index is 2.41. The van der Waals surface area contributed by atoms with Crippen LogP contribution in [0, 0.1) is 14.3 Å². The Morgan fingerprint density at radius 3 is 1.85 bits per heavy atom. The quantitative estimate of drug-likeness (QED) is 0.271. The van der Waals surface area contributed by atoms with E-state index in [4.69, 9.17) is 20.9 Å². The number of amides is 2. The van der Waals surface area contributed by atoms with E-state index in [1.807, 2.05) is 45.2 Å². The van der Waals surface area contributed by atoms with Crippen molar-refractivity contribution in [2.75, 3.05) is 20.2 Å². The third-order valence-corrected chi connectivity index (χ3v) is 7.62. The minimum absolute atomic E-state index is 0.0193. The second-order valence-electron chi connectivity index (χ2n) is 6.53. The number of methoxy groups -OCH3 is 1. The normalized spacial score (nSPS) is 11.6. The lowest BCUT2D eigenvalue weighted by Crippen LogP contribution is -2.54. The predicted octanol–water partition coefficient (Wildman–Crippen LogP) is 2.96. The number of halogens is 4. The van der Waals surface area contributed by atoms with Crippen LogP contribution in [-0.4, -0.2) is 54.0 Å². The van der Waals surface area contributed by atoms with Gasteiger partial charge in [0.2, 0.25) is 11.8 Å². The zero-order chi connectivity index (χ0) is 24.9. The summed E-state index contributed by atoms with van der Waals surface area (Å²) in [6.45, 7) is -0.906. The minimum Gasteiger partial charge on any atom is -0.506 e. The van der Waals surface area contributed by atoms with E-state index >= 15 is 0 Å². The molecule has 0 heterocycles. The van der Waals surface area contributed by atoms with Crippen LogP contribution in [0.5, 0.6) is 17.2 Å². The first-order valence-corrected chi connectivity index (χ1v) is 13.5. The number of hydrogen-bond donors (Lipinski definition) is 3. The summed E-state index contributed by atoms with van der Waals surface area (Å²) < 4.78 is 13.7. The number of imide groups is 1. The molecule has 0 saturated carbocycles. The average Bonchev–Trinajstić information content (AvgIpc) is 2.78. The molecule has 1 atom stereocenters. The maximum atomic E-state index is 12.5. The molecule has 178 valence electrons. The Labute approximate surface area is 244 Å². The van der Waals surface area contributed by atoms with Crippen molar-refractivity contribution in [1.82, 2.24) is 4.90 Å². The number of benzene rings is 2. The Kier molecular flexibility index (Phi) is 11.3. The van der Waals surface area contributed by atoms with Crippen molar-refractivity contribution in [3.8, 4) is 17.2 Å². The average molecular weight is 905 g/mol. The molecule has 0 fully saturated rings. The van der Waals surface area contributed by atoms with Crippen LogP contribution in [0.15, 0.2) is 24.3 Å². The fourth-order valence-corrected chi connectivity index (χ4v) is 6.70. The number of rotatable bonds is 8. The fourth-order valence-electron chi connectivity index (χ4n) is 2.87. The van der Waals surface area contributed by atoms with Crippen molar-refractivity contribution in [3.63, 3.8) is 0 Å². The monoisotopic (exact) mass is 905 g/mol. The molecule has 2 rings (SSSR count). The summed E-state index contributed by atoms with van der Waals surface area (Å²) >= 11 is 8.27. The van der Waals surface area contributed by atoms with Gasteiger partial charge < -0.3 is 26.0 Å². The lowest BCUT2D eigenvalue weighted by atomic mass is 10.0. The first kappa shape index (κ1) is 28.7. The SMILES string of the molecule is COC(=O)C(Cc1cc(I)c(Oc2cc(I)c(O)c(I)c2)c(I)c1)N(C(=O)CN)C(=O)CN. The maximum Gasteiger partial charge on any atom is 0.329 e. The molecule has 1 unspecified atom stereocenters. The van der Waals surface area contributed by atoms with Gasteiger partial charge in [-0.25, -0.2) is 4.79 Å². The smallest absolute Gasteiger partial charge is 0.329 e. The van der Waals surface area contributed by atoms with Gasteiger partial charge in [0.05, 0.1) is 34.5 Å². The van der Waals surface area contributed by atoms with Gasteiger partial charge in [0.15, 0.2) is 5.75 Å². The number of hydrogen-bond acceptors (Lipinski definition) is 8. The Morgan fingerprint density at radius 1 is 0.939 bits per heavy atom. The van der Waals surface area contributed by atoms with Crippen molar-refractivity contribution in [2.24, 2.45) is 11.5 Å². The van der Waals surface area contributed by atoms with Gasteiger partial charge in [-0.3, -0.25) is 14.5 Å². The summed E-state index contributed by atoms with van der Waals surface area (Å²) in [7, 11) is 1.18. The highest BCUT2D eigenvalue weighted by atomic mass is 127. The summed E-state index contributed by atoms with van der Waals surface area (Å²) in [4.78, 5) is 37.9. The van der Waals surface area contributed by atoms with Crippen molar-refractivity contribution >= 4 is 108 Å². The molecule has 13 heteroatoms. The standard InChI is InChI=1S/C20H19I4N3O6/c1-32-20(31)15(27(16(28)7-25)17(29)8-26)4-9-2-13(23)19(14(24)3-9)33-10-5-11(21)18(30)12(22)6-10/h2-3,5-6,15,30H,4,7-8,25-26H2,1H3. The number of ether oxygens (including phenoxy) is 2. The molecule has 0 aliphatic heterocycles. The molecular weight excluding hydrogens is 886 g/mol. The van der Waals surface area contributed by atoms with Crippen LogP contribution in [0.3, 0.4) is 0 Å². The number of aromatic hydroxyl groups is 1. The summed E-state index contributed by atoms with van der Waals surface area (Å²) in [6.07, 6.45) is 0.0193. The Bertz CT molecular complexity index is 1020. The van der Waals surface area contributed by atoms with Crippen LogP contribution >= 0.6 is 90.4 Å². The largest absolute Gasteiger partial charge is 0.506 e. The Morgan fingerprint density at radius 2 is 1.42 bits per heavy atom. The lowest BCUT2D eigenvalue weighted by Gasteiger charge is -2.28. The zero-order valence-electron chi connectivity index (χ0n) is 17.1. The zero-order valence-corrected chi connectivity index (χ0v) is 25.7. The number of phenols is 1. The van der Waals surface area contributed by atoms with Gasteiger partial charge in [-0.05, 0) is 120 Å². The Hall–Kier alpha value is -0.510. The number of esters is 1. The molecule has 0 bridgehead atoms. The lowest BCUT2D eigenvalue weighted by molar-refractivity contribution is -0.158. The van der Waals surface area contributed by atoms with E-state index in [0.29, 0.717) is 24.2 Å². The van der Waals surface area contributed by atoms with E-state index in [0.717, 1.165) is 12.0 Å². The number of nitrogens with zero attached hydrogens (tertiary/aromatic N) is 1. The van der Waals surface area contributed by atoms with Crippen LogP contribution in [0.4, 0.5) is 0 Å². The highest BCUT2D eigenvalue weighted by Gasteiger charge is 2.34. The maximum absolute atomic E-state index is 12.5. The molecule has 9 nitrogen and oxygen atoms in total. The van der Waals surface area contributed by atoms with Gasteiger partial charge >= 0.3 is 5.97 Å². The molecule has 33 heavy (non-hydrogen) atoms. The van der Waals surface area contributed by atoms with Gasteiger partial charge in [0.25, 0.3) is 0 Å². The van der Waals surface area contributed by atoms with Crippen LogP contribution in [0.1, 0.15) is 5.56 Å². The second kappa shape index (κ2) is 13.0. The minimum atomic E-state index is -1.21. The van der Waals surface area contributed by atoms with E-state index in [1.165, 1.54) is 7.11 Å². The molecule has 0 radical (unpaired) electrons. The highest BCUT2D eigenvalue weighted by molar-refractivity contribution is 14.1. The molecule has 0 spiro atoms. The van der Waals surface area contributed by atoms with Crippen LogP contribution < -0.4 is 16.2 Å². The summed E-state index contributed by atoms with van der Waals surface area (Å²) in [5, 5.41) is 9.97. The van der Waals surface area contributed by atoms with Gasteiger partial charge in [0, 0.05) is 6.42 Å². The van der Waals surface area contributed by atoms with Crippen molar-refractivity contribution in [1.29, 1.82) is 0 Å².